The van der Waals surface area contributed by atoms with Crippen LogP contribution in [-0.2, 0) is 12.6 Å². The molecule has 0 saturated carbocycles. The average Bonchev–Trinajstić information content (AvgIpc) is 3.20. The lowest BCUT2D eigenvalue weighted by atomic mass is 10.1. The smallest absolute Gasteiger partial charge is 0.418 e. The van der Waals surface area contributed by atoms with Gasteiger partial charge in [0, 0.05) is 22.5 Å². The lowest BCUT2D eigenvalue weighted by Crippen LogP contribution is -2.14. The van der Waals surface area contributed by atoms with Gasteiger partial charge in [-0.3, -0.25) is 0 Å². The lowest BCUT2D eigenvalue weighted by molar-refractivity contribution is -0.137. The second-order valence-electron chi connectivity index (χ2n) is 7.28. The van der Waals surface area contributed by atoms with Crippen LogP contribution in [0.25, 0.3) is 28.1 Å². The van der Waals surface area contributed by atoms with Crippen molar-refractivity contribution in [2.24, 2.45) is 0 Å². The van der Waals surface area contributed by atoms with E-state index in [9.17, 15) is 13.2 Å². The molecule has 0 radical (unpaired) electrons. The Balaban J connectivity index is 1.75. The zero-order valence-electron chi connectivity index (χ0n) is 15.8. The molecule has 0 atom stereocenters. The lowest BCUT2D eigenvalue weighted by Gasteiger charge is -2.16. The number of nitrogens with zero attached hydrogens (tertiary/aromatic N) is 2. The summed E-state index contributed by atoms with van der Waals surface area (Å²) in [6.45, 7) is 0.660. The first-order chi connectivity index (χ1) is 14.4. The summed E-state index contributed by atoms with van der Waals surface area (Å²) in [6, 6.07) is 13.2. The molecule has 2 aromatic heterocycles. The number of alkyl halides is 3. The highest BCUT2D eigenvalue weighted by molar-refractivity contribution is 6.30. The van der Waals surface area contributed by atoms with Crippen molar-refractivity contribution < 1.29 is 17.6 Å². The summed E-state index contributed by atoms with van der Waals surface area (Å²) in [6.07, 6.45) is -2.04. The Morgan fingerprint density at radius 1 is 1.07 bits per heavy atom. The summed E-state index contributed by atoms with van der Waals surface area (Å²) in [5.41, 5.74) is 1.22. The summed E-state index contributed by atoms with van der Waals surface area (Å²) in [5.74, 6) is 1.10. The van der Waals surface area contributed by atoms with E-state index in [2.05, 4.69) is 10.4 Å². The maximum atomic E-state index is 13.8. The van der Waals surface area contributed by atoms with Crippen LogP contribution in [-0.4, -0.2) is 16.3 Å². The Morgan fingerprint density at radius 2 is 1.90 bits per heavy atom. The maximum absolute atomic E-state index is 13.8. The first kappa shape index (κ1) is 19.1. The van der Waals surface area contributed by atoms with E-state index in [1.54, 1.807) is 0 Å². The van der Waals surface area contributed by atoms with Crippen molar-refractivity contribution in [3.63, 3.8) is 0 Å². The molecule has 0 spiro atoms. The van der Waals surface area contributed by atoms with E-state index in [0.717, 1.165) is 29.9 Å². The second kappa shape index (κ2) is 7.09. The van der Waals surface area contributed by atoms with Crippen LogP contribution in [0.15, 0.2) is 52.9 Å². The van der Waals surface area contributed by atoms with E-state index < -0.39 is 11.7 Å². The normalized spacial score (nSPS) is 14.4. The largest absolute Gasteiger partial charge is 0.454 e. The van der Waals surface area contributed by atoms with E-state index in [0.29, 0.717) is 35.8 Å². The van der Waals surface area contributed by atoms with E-state index in [-0.39, 0.29) is 10.7 Å². The number of aromatic nitrogens is 2. The van der Waals surface area contributed by atoms with E-state index >= 15 is 0 Å². The number of furan rings is 1. The van der Waals surface area contributed by atoms with Crippen molar-refractivity contribution >= 4 is 28.4 Å². The molecule has 1 aliphatic rings. The summed E-state index contributed by atoms with van der Waals surface area (Å²) in [4.78, 5) is 0. The molecule has 154 valence electrons. The van der Waals surface area contributed by atoms with Crippen molar-refractivity contribution in [2.45, 2.75) is 25.4 Å². The molecular weight excluding hydrogens is 415 g/mol. The third-order valence-corrected chi connectivity index (χ3v) is 5.52. The molecule has 5 rings (SSSR count). The quantitative estimate of drug-likeness (QED) is 0.383. The number of para-hydroxylation sites is 1. The van der Waals surface area contributed by atoms with Gasteiger partial charge >= 0.3 is 6.18 Å². The number of hydrogen-bond acceptors (Lipinski definition) is 3. The highest BCUT2D eigenvalue weighted by Crippen LogP contribution is 2.40. The molecule has 0 fully saturated rings. The number of anilines is 1. The van der Waals surface area contributed by atoms with Gasteiger partial charge in [-0.15, -0.1) is 0 Å². The van der Waals surface area contributed by atoms with Crippen LogP contribution in [0.5, 0.6) is 0 Å². The molecule has 30 heavy (non-hydrogen) atoms. The van der Waals surface area contributed by atoms with Gasteiger partial charge in [0.1, 0.15) is 17.1 Å². The second-order valence-corrected chi connectivity index (χ2v) is 7.72. The van der Waals surface area contributed by atoms with Gasteiger partial charge in [-0.2, -0.15) is 18.3 Å². The highest BCUT2D eigenvalue weighted by Gasteiger charge is 2.36. The van der Waals surface area contributed by atoms with Crippen LogP contribution in [0, 0.1) is 0 Å². The summed E-state index contributed by atoms with van der Waals surface area (Å²) >= 11 is 5.87. The molecule has 2 aromatic carbocycles. The molecule has 1 aliphatic heterocycles. The van der Waals surface area contributed by atoms with Crippen molar-refractivity contribution in [3.8, 4) is 17.1 Å². The highest BCUT2D eigenvalue weighted by atomic mass is 35.5. The molecule has 4 nitrogen and oxygen atoms in total. The number of benzene rings is 2. The number of nitrogens with one attached hydrogen (secondary N) is 1. The molecule has 0 bridgehead atoms. The van der Waals surface area contributed by atoms with Crippen molar-refractivity contribution in [1.29, 1.82) is 0 Å². The van der Waals surface area contributed by atoms with Gasteiger partial charge in [0.15, 0.2) is 5.76 Å². The fourth-order valence-electron chi connectivity index (χ4n) is 3.89. The van der Waals surface area contributed by atoms with Crippen molar-refractivity contribution in [2.75, 3.05) is 11.9 Å². The standard InChI is InChI=1S/C22H17ClF3N3O/c23-14-8-9-17(16(12-14)22(24,25)26)29-21-15(6-3-4-10-27-21)20(28-29)19-11-13-5-1-2-7-18(13)30-19/h1-2,5,7-9,11-12,27H,3-4,6,10H2. The number of halogens is 4. The van der Waals surface area contributed by atoms with Crippen LogP contribution in [0.2, 0.25) is 5.02 Å². The predicted octanol–water partition coefficient (Wildman–Crippen LogP) is 6.71. The summed E-state index contributed by atoms with van der Waals surface area (Å²) in [5, 5.41) is 8.80. The van der Waals surface area contributed by atoms with E-state index in [1.165, 1.54) is 16.8 Å². The summed E-state index contributed by atoms with van der Waals surface area (Å²) in [7, 11) is 0. The minimum absolute atomic E-state index is 0.0230. The Kier molecular flexibility index (Phi) is 4.50. The Hall–Kier alpha value is -2.93. The molecule has 8 heteroatoms. The first-order valence-electron chi connectivity index (χ1n) is 9.63. The van der Waals surface area contributed by atoms with Crippen LogP contribution < -0.4 is 5.32 Å². The minimum Gasteiger partial charge on any atom is -0.454 e. The van der Waals surface area contributed by atoms with Gasteiger partial charge in [0.25, 0.3) is 0 Å². The third-order valence-electron chi connectivity index (χ3n) is 5.28. The summed E-state index contributed by atoms with van der Waals surface area (Å²) < 4.78 is 48.6. The van der Waals surface area contributed by atoms with Crippen molar-refractivity contribution in [1.82, 2.24) is 9.78 Å². The zero-order chi connectivity index (χ0) is 20.9. The fourth-order valence-corrected chi connectivity index (χ4v) is 4.07. The Labute approximate surface area is 175 Å². The van der Waals surface area contributed by atoms with Crippen LogP contribution in [0.4, 0.5) is 19.0 Å². The van der Waals surface area contributed by atoms with E-state index in [4.69, 9.17) is 16.0 Å². The number of fused-ring (bicyclic) bond motifs is 2. The zero-order valence-corrected chi connectivity index (χ0v) is 16.5. The first-order valence-corrected chi connectivity index (χ1v) is 10.0. The molecule has 1 N–H and O–H groups in total. The minimum atomic E-state index is -4.57. The molecule has 0 unspecified atom stereocenters. The molecule has 0 amide bonds. The Bertz CT molecular complexity index is 1210. The number of rotatable bonds is 2. The number of hydrogen-bond donors (Lipinski definition) is 1. The molecule has 4 aromatic rings. The monoisotopic (exact) mass is 431 g/mol. The molecule has 0 aliphatic carbocycles. The Morgan fingerprint density at radius 3 is 2.70 bits per heavy atom. The third kappa shape index (κ3) is 3.23. The van der Waals surface area contributed by atoms with Gasteiger partial charge in [-0.25, -0.2) is 4.68 Å². The van der Waals surface area contributed by atoms with Gasteiger partial charge in [0.2, 0.25) is 0 Å². The fraction of sp³-hybridized carbons (Fsp3) is 0.227. The molecule has 0 saturated heterocycles. The molecule has 3 heterocycles. The van der Waals surface area contributed by atoms with Gasteiger partial charge < -0.3 is 9.73 Å². The van der Waals surface area contributed by atoms with Gasteiger partial charge in [-0.1, -0.05) is 29.8 Å². The SMILES string of the molecule is FC(F)(F)c1cc(Cl)ccc1-n1nc(-c2cc3ccccc3o2)c2c1NCCCC2. The topological polar surface area (TPSA) is 43.0 Å². The van der Waals surface area contributed by atoms with Crippen LogP contribution >= 0.6 is 11.6 Å². The predicted molar refractivity (Wildman–Crippen MR) is 110 cm³/mol. The van der Waals surface area contributed by atoms with Crippen LogP contribution in [0.1, 0.15) is 24.0 Å². The van der Waals surface area contributed by atoms with E-state index in [1.807, 2.05) is 30.3 Å². The molecular formula is C22H17ClF3N3O. The average molecular weight is 432 g/mol. The maximum Gasteiger partial charge on any atom is 0.418 e. The van der Waals surface area contributed by atoms with Crippen molar-refractivity contribution in [3.05, 3.63) is 64.7 Å². The van der Waals surface area contributed by atoms with Gasteiger partial charge in [0.05, 0.1) is 11.3 Å². The van der Waals surface area contributed by atoms with Gasteiger partial charge in [-0.05, 0) is 49.6 Å². The van der Waals surface area contributed by atoms with Crippen LogP contribution in [0.3, 0.4) is 0 Å².